The maximum atomic E-state index is 11.7. The summed E-state index contributed by atoms with van der Waals surface area (Å²) in [5, 5.41) is 0. The van der Waals surface area contributed by atoms with Gasteiger partial charge in [0.1, 0.15) is 12.4 Å². The zero-order valence-electron chi connectivity index (χ0n) is 9.56. The third-order valence-corrected chi connectivity index (χ3v) is 2.82. The Bertz CT molecular complexity index is 551. The van der Waals surface area contributed by atoms with Crippen LogP contribution in [-0.4, -0.2) is 5.97 Å². The molecule has 2 N–H and O–H groups in total. The van der Waals surface area contributed by atoms with Gasteiger partial charge in [0, 0.05) is 4.47 Å². The van der Waals surface area contributed by atoms with Crippen molar-refractivity contribution in [3.63, 3.8) is 0 Å². The second kappa shape index (κ2) is 5.84. The first-order valence-corrected chi connectivity index (χ1v) is 6.18. The van der Waals surface area contributed by atoms with Gasteiger partial charge in [-0.2, -0.15) is 0 Å². The molecule has 0 saturated heterocycles. The van der Waals surface area contributed by atoms with Crippen molar-refractivity contribution in [3.8, 4) is 0 Å². The van der Waals surface area contributed by atoms with Crippen molar-refractivity contribution < 1.29 is 13.9 Å². The van der Waals surface area contributed by atoms with Crippen LogP contribution in [0.3, 0.4) is 0 Å². The molecule has 0 aliphatic heterocycles. The van der Waals surface area contributed by atoms with E-state index in [-0.39, 0.29) is 18.9 Å². The van der Waals surface area contributed by atoms with E-state index in [2.05, 4.69) is 15.9 Å². The van der Waals surface area contributed by atoms with Crippen molar-refractivity contribution in [1.29, 1.82) is 0 Å². The number of hydrogen-bond acceptors (Lipinski definition) is 4. The van der Waals surface area contributed by atoms with E-state index in [0.29, 0.717) is 5.76 Å². The molecule has 0 atom stereocenters. The number of benzene rings is 1. The van der Waals surface area contributed by atoms with Crippen molar-refractivity contribution in [2.24, 2.45) is 5.73 Å². The molecule has 0 amide bonds. The quantitative estimate of drug-likeness (QED) is 0.882. The molecule has 2 rings (SSSR count). The summed E-state index contributed by atoms with van der Waals surface area (Å²) in [6, 6.07) is 10.8. The van der Waals surface area contributed by atoms with Crippen molar-refractivity contribution in [2.45, 2.75) is 13.2 Å². The molecule has 0 aliphatic rings. The Labute approximate surface area is 113 Å². The molecular weight excluding hydrogens is 298 g/mol. The fraction of sp³-hybridized carbons (Fsp3) is 0.154. The van der Waals surface area contributed by atoms with E-state index in [9.17, 15) is 4.79 Å². The normalized spacial score (nSPS) is 10.3. The molecule has 94 valence electrons. The molecule has 0 saturated carbocycles. The van der Waals surface area contributed by atoms with E-state index in [1.54, 1.807) is 12.1 Å². The second-order valence-electron chi connectivity index (χ2n) is 3.68. The molecule has 18 heavy (non-hydrogen) atoms. The van der Waals surface area contributed by atoms with Crippen LogP contribution in [0.5, 0.6) is 0 Å². The van der Waals surface area contributed by atoms with Crippen molar-refractivity contribution in [3.05, 3.63) is 58.0 Å². The molecule has 0 fully saturated rings. The lowest BCUT2D eigenvalue weighted by Crippen LogP contribution is -2.04. The standard InChI is InChI=1S/C13H12BrNO3/c14-10-3-1-2-9(6-10)8-17-13(16)12-5-4-11(7-15)18-12/h1-6H,7-8,15H2. The molecular formula is C13H12BrNO3. The highest BCUT2D eigenvalue weighted by molar-refractivity contribution is 9.10. The zero-order valence-corrected chi connectivity index (χ0v) is 11.1. The fourth-order valence-electron chi connectivity index (χ4n) is 1.44. The van der Waals surface area contributed by atoms with Crippen molar-refractivity contribution in [1.82, 2.24) is 0 Å². The summed E-state index contributed by atoms with van der Waals surface area (Å²) in [7, 11) is 0. The third-order valence-electron chi connectivity index (χ3n) is 2.32. The van der Waals surface area contributed by atoms with Crippen LogP contribution in [0.15, 0.2) is 45.3 Å². The summed E-state index contributed by atoms with van der Waals surface area (Å²) in [5.74, 6) is 0.240. The van der Waals surface area contributed by atoms with Gasteiger partial charge in [-0.05, 0) is 29.8 Å². The molecule has 1 heterocycles. The minimum Gasteiger partial charge on any atom is -0.455 e. The Hall–Kier alpha value is -1.59. The molecule has 0 bridgehead atoms. The van der Waals surface area contributed by atoms with Gasteiger partial charge in [0.25, 0.3) is 0 Å². The van der Waals surface area contributed by atoms with Crippen LogP contribution in [0.1, 0.15) is 21.9 Å². The van der Waals surface area contributed by atoms with Gasteiger partial charge in [-0.3, -0.25) is 0 Å². The summed E-state index contributed by atoms with van der Waals surface area (Å²) in [5.41, 5.74) is 6.30. The second-order valence-corrected chi connectivity index (χ2v) is 4.59. The van der Waals surface area contributed by atoms with Crippen LogP contribution in [0.4, 0.5) is 0 Å². The lowest BCUT2D eigenvalue weighted by Gasteiger charge is -2.03. The Kier molecular flexibility index (Phi) is 4.17. The van der Waals surface area contributed by atoms with E-state index < -0.39 is 5.97 Å². The predicted octanol–water partition coefficient (Wildman–Crippen LogP) is 2.86. The highest BCUT2D eigenvalue weighted by Gasteiger charge is 2.12. The maximum Gasteiger partial charge on any atom is 0.374 e. The highest BCUT2D eigenvalue weighted by Crippen LogP contribution is 2.14. The lowest BCUT2D eigenvalue weighted by molar-refractivity contribution is 0.0434. The molecule has 0 radical (unpaired) electrons. The number of esters is 1. The SMILES string of the molecule is NCc1ccc(C(=O)OCc2cccc(Br)c2)o1. The molecule has 5 heteroatoms. The number of carbonyl (C=O) groups is 1. The first-order chi connectivity index (χ1) is 8.69. The molecule has 0 unspecified atom stereocenters. The van der Waals surface area contributed by atoms with E-state index in [1.807, 2.05) is 24.3 Å². The first kappa shape index (κ1) is 12.9. The number of ether oxygens (including phenoxy) is 1. The Morgan fingerprint density at radius 1 is 1.33 bits per heavy atom. The molecule has 4 nitrogen and oxygen atoms in total. The topological polar surface area (TPSA) is 65.5 Å². The lowest BCUT2D eigenvalue weighted by atomic mass is 10.2. The molecule has 0 aliphatic carbocycles. The van der Waals surface area contributed by atoms with Gasteiger partial charge in [-0.1, -0.05) is 28.1 Å². The predicted molar refractivity (Wildman–Crippen MR) is 69.9 cm³/mol. The third kappa shape index (κ3) is 3.21. The molecule has 2 aromatic rings. The Balaban J connectivity index is 1.96. The average Bonchev–Trinajstić information content (AvgIpc) is 2.85. The van der Waals surface area contributed by atoms with Crippen LogP contribution in [0, 0.1) is 0 Å². The van der Waals surface area contributed by atoms with E-state index in [1.165, 1.54) is 0 Å². The highest BCUT2D eigenvalue weighted by atomic mass is 79.9. The van der Waals surface area contributed by atoms with Crippen LogP contribution < -0.4 is 5.73 Å². The number of halogens is 1. The number of furan rings is 1. The largest absolute Gasteiger partial charge is 0.455 e. The van der Waals surface area contributed by atoms with Crippen LogP contribution in [0.2, 0.25) is 0 Å². The van der Waals surface area contributed by atoms with E-state index >= 15 is 0 Å². The van der Waals surface area contributed by atoms with Gasteiger partial charge in [0.15, 0.2) is 0 Å². The number of carbonyl (C=O) groups excluding carboxylic acids is 1. The minimum atomic E-state index is -0.491. The molecule has 1 aromatic carbocycles. The maximum absolute atomic E-state index is 11.7. The van der Waals surface area contributed by atoms with Crippen LogP contribution in [0.25, 0.3) is 0 Å². The van der Waals surface area contributed by atoms with Gasteiger partial charge >= 0.3 is 5.97 Å². The smallest absolute Gasteiger partial charge is 0.374 e. The summed E-state index contributed by atoms with van der Waals surface area (Å²) in [4.78, 5) is 11.7. The van der Waals surface area contributed by atoms with Gasteiger partial charge in [0.2, 0.25) is 5.76 Å². The monoisotopic (exact) mass is 309 g/mol. The van der Waals surface area contributed by atoms with Crippen molar-refractivity contribution in [2.75, 3.05) is 0 Å². The van der Waals surface area contributed by atoms with Gasteiger partial charge in [0.05, 0.1) is 6.54 Å². The Morgan fingerprint density at radius 2 is 2.17 bits per heavy atom. The van der Waals surface area contributed by atoms with Crippen molar-refractivity contribution >= 4 is 21.9 Å². The Morgan fingerprint density at radius 3 is 2.83 bits per heavy atom. The summed E-state index contributed by atoms with van der Waals surface area (Å²) < 4.78 is 11.3. The van der Waals surface area contributed by atoms with Gasteiger partial charge in [-0.15, -0.1) is 0 Å². The zero-order chi connectivity index (χ0) is 13.0. The average molecular weight is 310 g/mol. The minimum absolute atomic E-state index is 0.172. The molecule has 1 aromatic heterocycles. The fourth-order valence-corrected chi connectivity index (χ4v) is 1.89. The summed E-state index contributed by atoms with van der Waals surface area (Å²) in [6.45, 7) is 0.468. The summed E-state index contributed by atoms with van der Waals surface area (Å²) >= 11 is 3.35. The van der Waals surface area contributed by atoms with Gasteiger partial charge < -0.3 is 14.9 Å². The van der Waals surface area contributed by atoms with E-state index in [0.717, 1.165) is 10.0 Å². The number of hydrogen-bond donors (Lipinski definition) is 1. The van der Waals surface area contributed by atoms with Crippen LogP contribution in [-0.2, 0) is 17.9 Å². The number of nitrogens with two attached hydrogens (primary N) is 1. The van der Waals surface area contributed by atoms with E-state index in [4.69, 9.17) is 14.9 Å². The van der Waals surface area contributed by atoms with Crippen LogP contribution >= 0.6 is 15.9 Å². The number of rotatable bonds is 4. The first-order valence-electron chi connectivity index (χ1n) is 5.39. The van der Waals surface area contributed by atoms with Gasteiger partial charge in [-0.25, -0.2) is 4.79 Å². The molecule has 0 spiro atoms. The summed E-state index contributed by atoms with van der Waals surface area (Å²) in [6.07, 6.45) is 0.